The molecule has 0 aliphatic rings. The molecule has 7 nitrogen and oxygen atoms in total. The summed E-state index contributed by atoms with van der Waals surface area (Å²) in [5.41, 5.74) is 4.84. The van der Waals surface area contributed by atoms with Crippen molar-refractivity contribution in [3.63, 3.8) is 0 Å². The molecule has 1 aromatic heterocycles. The Hall–Kier alpha value is -1.50. The van der Waals surface area contributed by atoms with Gasteiger partial charge in [-0.15, -0.1) is 0 Å². The lowest BCUT2D eigenvalue weighted by molar-refractivity contribution is 0.197. The Morgan fingerprint density at radius 1 is 1.19 bits per heavy atom. The van der Waals surface area contributed by atoms with E-state index in [9.17, 15) is 9.36 Å². The Bertz CT molecular complexity index is 621. The minimum atomic E-state index is -4.18. The monoisotopic (exact) mass is 317 g/mol. The second-order valence-electron chi connectivity index (χ2n) is 3.62. The molecule has 0 atom stereocenters. The fraction of sp³-hybridized carbons (Fsp3) is 0.308. The second-order valence-corrected chi connectivity index (χ2v) is 4.86. The summed E-state index contributed by atoms with van der Waals surface area (Å²) in [6.45, 7) is 1.89. The summed E-state index contributed by atoms with van der Waals surface area (Å²) in [7, 11) is -2.68. The largest absolute Gasteiger partial charge is 0.469 e. The predicted molar refractivity (Wildman–Crippen MR) is 80.9 cm³/mol. The summed E-state index contributed by atoms with van der Waals surface area (Å²) in [5.74, 6) is 0. The number of hydrogen-bond donors (Lipinski definition) is 3. The summed E-state index contributed by atoms with van der Waals surface area (Å²) in [6, 6.07) is 10.6. The van der Waals surface area contributed by atoms with Crippen LogP contribution in [0.5, 0.6) is 0 Å². The van der Waals surface area contributed by atoms with E-state index in [1.54, 1.807) is 19.1 Å². The molecule has 0 saturated heterocycles. The van der Waals surface area contributed by atoms with E-state index in [1.165, 1.54) is 13.1 Å². The van der Waals surface area contributed by atoms with Crippen molar-refractivity contribution in [2.24, 2.45) is 5.73 Å². The number of rotatable bonds is 3. The minimum Gasteiger partial charge on any atom is -0.423 e. The Kier molecular flexibility index (Phi) is 9.53. The van der Waals surface area contributed by atoms with Crippen LogP contribution >= 0.6 is 7.82 Å². The van der Waals surface area contributed by atoms with Gasteiger partial charge in [0.25, 0.3) is 0 Å². The van der Waals surface area contributed by atoms with Crippen LogP contribution in [0.1, 0.15) is 13.3 Å². The summed E-state index contributed by atoms with van der Waals surface area (Å²) >= 11 is 0. The molecule has 1 heterocycles. The second kappa shape index (κ2) is 10.3. The summed E-state index contributed by atoms with van der Waals surface area (Å²) in [5, 5.41) is 0.951. The lowest BCUT2D eigenvalue weighted by atomic mass is 10.2. The first-order valence-corrected chi connectivity index (χ1v) is 7.72. The predicted octanol–water partition coefficient (Wildman–Crippen LogP) is 1.87. The van der Waals surface area contributed by atoms with E-state index in [0.717, 1.165) is 5.39 Å². The third-order valence-electron chi connectivity index (χ3n) is 1.99. The molecule has 0 bridgehead atoms. The highest BCUT2D eigenvalue weighted by Crippen LogP contribution is 2.35. The van der Waals surface area contributed by atoms with Crippen molar-refractivity contribution in [1.29, 1.82) is 0 Å². The Morgan fingerprint density at radius 2 is 1.81 bits per heavy atom. The molecule has 118 valence electrons. The van der Waals surface area contributed by atoms with Gasteiger partial charge >= 0.3 is 13.4 Å². The van der Waals surface area contributed by atoms with E-state index in [0.29, 0.717) is 12.0 Å². The summed E-state index contributed by atoms with van der Waals surface area (Å²) in [6.07, 6.45) is 0.616. The molecule has 0 aliphatic heterocycles. The van der Waals surface area contributed by atoms with E-state index < -0.39 is 7.82 Å². The van der Waals surface area contributed by atoms with E-state index >= 15 is 0 Å². The Balaban J connectivity index is 0.000000358. The van der Waals surface area contributed by atoms with Crippen molar-refractivity contribution in [2.75, 3.05) is 13.7 Å². The van der Waals surface area contributed by atoms with Gasteiger partial charge in [0.05, 0.1) is 6.61 Å². The Labute approximate surface area is 122 Å². The molecule has 21 heavy (non-hydrogen) atoms. The molecule has 0 saturated carbocycles. The van der Waals surface area contributed by atoms with Crippen LogP contribution in [0.15, 0.2) is 45.6 Å². The molecule has 2 rings (SSSR count). The molecule has 2 aromatic rings. The van der Waals surface area contributed by atoms with Gasteiger partial charge in [-0.25, -0.2) is 9.36 Å². The molecular weight excluding hydrogens is 297 g/mol. The maximum Gasteiger partial charge on any atom is 0.469 e. The van der Waals surface area contributed by atoms with Gasteiger partial charge in [0.1, 0.15) is 5.58 Å². The van der Waals surface area contributed by atoms with Crippen molar-refractivity contribution in [2.45, 2.75) is 13.3 Å². The summed E-state index contributed by atoms with van der Waals surface area (Å²) < 4.78 is 18.8. The van der Waals surface area contributed by atoms with Crippen LogP contribution in [0.25, 0.3) is 11.0 Å². The zero-order valence-corrected chi connectivity index (χ0v) is 12.8. The molecule has 0 spiro atoms. The lowest BCUT2D eigenvalue weighted by Crippen LogP contribution is -1.93. The molecule has 0 aliphatic carbocycles. The van der Waals surface area contributed by atoms with Crippen molar-refractivity contribution in [3.05, 3.63) is 46.8 Å². The van der Waals surface area contributed by atoms with E-state index in [1.807, 2.05) is 18.2 Å². The first-order chi connectivity index (χ1) is 9.92. The third-order valence-corrected chi connectivity index (χ3v) is 2.51. The number of para-hydroxylation sites is 1. The molecule has 8 heteroatoms. The molecular formula is C13H20NO6P. The van der Waals surface area contributed by atoms with Crippen molar-refractivity contribution >= 4 is 18.8 Å². The van der Waals surface area contributed by atoms with Gasteiger partial charge < -0.3 is 19.9 Å². The molecule has 0 radical (unpaired) electrons. The van der Waals surface area contributed by atoms with Gasteiger partial charge in [0, 0.05) is 11.5 Å². The van der Waals surface area contributed by atoms with E-state index in [-0.39, 0.29) is 12.2 Å². The zero-order valence-electron chi connectivity index (χ0n) is 11.9. The first-order valence-electron chi connectivity index (χ1n) is 6.19. The quantitative estimate of drug-likeness (QED) is 0.583. The zero-order chi connectivity index (χ0) is 16.3. The number of hydrogen-bond acceptors (Lipinski definition) is 5. The van der Waals surface area contributed by atoms with Crippen molar-refractivity contribution < 1.29 is 23.3 Å². The van der Waals surface area contributed by atoms with E-state index in [4.69, 9.17) is 14.2 Å². The van der Waals surface area contributed by atoms with Gasteiger partial charge in [-0.05, 0) is 25.6 Å². The van der Waals surface area contributed by atoms with Crippen molar-refractivity contribution in [3.8, 4) is 0 Å². The fourth-order valence-corrected chi connectivity index (χ4v) is 1.64. The number of phosphoric ester groups is 1. The van der Waals surface area contributed by atoms with E-state index in [2.05, 4.69) is 10.3 Å². The highest BCUT2D eigenvalue weighted by atomic mass is 31.2. The number of benzene rings is 1. The first kappa shape index (κ1) is 19.5. The Morgan fingerprint density at radius 3 is 2.33 bits per heavy atom. The lowest BCUT2D eigenvalue weighted by Gasteiger charge is -2.00. The van der Waals surface area contributed by atoms with Crippen LogP contribution in [0.2, 0.25) is 0 Å². The van der Waals surface area contributed by atoms with Crippen molar-refractivity contribution in [1.82, 2.24) is 0 Å². The van der Waals surface area contributed by atoms with Crippen LogP contribution in [-0.2, 0) is 9.09 Å². The van der Waals surface area contributed by atoms with Gasteiger partial charge in [-0.3, -0.25) is 4.52 Å². The highest BCUT2D eigenvalue weighted by molar-refractivity contribution is 7.46. The average molecular weight is 317 g/mol. The van der Waals surface area contributed by atoms with Crippen LogP contribution in [0.3, 0.4) is 0 Å². The molecule has 0 unspecified atom stereocenters. The third kappa shape index (κ3) is 9.12. The summed E-state index contributed by atoms with van der Waals surface area (Å²) in [4.78, 5) is 26.8. The topological polar surface area (TPSA) is 123 Å². The van der Waals surface area contributed by atoms with Gasteiger partial charge in [0.2, 0.25) is 0 Å². The average Bonchev–Trinajstić information content (AvgIpc) is 2.47. The SMILES string of the molecule is CCCOP(=O)(O)O.CN.O=c1ccc2ccccc2o1. The molecule has 0 fully saturated rings. The van der Waals surface area contributed by atoms with Gasteiger partial charge in [0.15, 0.2) is 0 Å². The number of fused-ring (bicyclic) bond motifs is 1. The van der Waals surface area contributed by atoms with Gasteiger partial charge in [-0.2, -0.15) is 0 Å². The number of phosphoric acid groups is 1. The smallest absolute Gasteiger partial charge is 0.423 e. The minimum absolute atomic E-state index is 0.115. The molecule has 4 N–H and O–H groups in total. The fourth-order valence-electron chi connectivity index (χ4n) is 1.22. The molecule has 1 aromatic carbocycles. The van der Waals surface area contributed by atoms with Crippen LogP contribution in [0.4, 0.5) is 0 Å². The standard InChI is InChI=1S/C9H6O2.C3H9O4P.CH5N/c10-9-6-5-7-3-1-2-4-8(7)11-9;1-2-3-7-8(4,5)6;1-2/h1-6H;2-3H2,1H3,(H2,4,5,6);2H2,1H3. The highest BCUT2D eigenvalue weighted by Gasteiger charge is 2.11. The normalized spacial score (nSPS) is 10.1. The van der Waals surface area contributed by atoms with Crippen LogP contribution in [0, 0.1) is 0 Å². The molecule has 0 amide bonds. The van der Waals surface area contributed by atoms with Crippen LogP contribution < -0.4 is 11.4 Å². The van der Waals surface area contributed by atoms with Gasteiger partial charge in [-0.1, -0.05) is 25.1 Å². The number of nitrogens with two attached hydrogens (primary N) is 1. The maximum absolute atomic E-state index is 10.7. The maximum atomic E-state index is 10.7. The van der Waals surface area contributed by atoms with Crippen LogP contribution in [-0.4, -0.2) is 23.4 Å².